The second-order valence-corrected chi connectivity index (χ2v) is 3.60. The van der Waals surface area contributed by atoms with Gasteiger partial charge in [-0.2, -0.15) is 0 Å². The van der Waals surface area contributed by atoms with Crippen molar-refractivity contribution in [1.82, 2.24) is 5.32 Å². The summed E-state index contributed by atoms with van der Waals surface area (Å²) in [6.45, 7) is 5.48. The van der Waals surface area contributed by atoms with Crippen molar-refractivity contribution < 1.29 is 4.79 Å². The zero-order chi connectivity index (χ0) is 11.3. The van der Waals surface area contributed by atoms with Crippen molar-refractivity contribution in [3.8, 4) is 0 Å². The molecule has 0 bridgehead atoms. The molecule has 0 radical (unpaired) electrons. The quantitative estimate of drug-likeness (QED) is 0.617. The van der Waals surface area contributed by atoms with Crippen LogP contribution in [-0.2, 0) is 5.88 Å². The molecular weight excluding hydrogens is 210 g/mol. The normalized spacial score (nSPS) is 11.9. The number of rotatable bonds is 4. The van der Waals surface area contributed by atoms with Gasteiger partial charge < -0.3 is 5.32 Å². The van der Waals surface area contributed by atoms with Gasteiger partial charge in [0.05, 0.1) is 0 Å². The average Bonchev–Trinajstić information content (AvgIpc) is 2.28. The van der Waals surface area contributed by atoms with Gasteiger partial charge in [-0.25, -0.2) is 0 Å². The van der Waals surface area contributed by atoms with Crippen molar-refractivity contribution in [2.75, 3.05) is 0 Å². The Hall–Kier alpha value is -1.28. The molecule has 1 N–H and O–H groups in total. The van der Waals surface area contributed by atoms with Crippen LogP contribution in [0.3, 0.4) is 0 Å². The van der Waals surface area contributed by atoms with Crippen molar-refractivity contribution >= 4 is 17.5 Å². The highest BCUT2D eigenvalue weighted by Crippen LogP contribution is 2.07. The number of carbonyl (C=O) groups excluding carboxylic acids is 1. The van der Waals surface area contributed by atoms with Crippen LogP contribution in [0.25, 0.3) is 0 Å². The summed E-state index contributed by atoms with van der Waals surface area (Å²) in [5.41, 5.74) is 1.57. The molecule has 0 aliphatic heterocycles. The molecule has 0 fully saturated rings. The highest BCUT2D eigenvalue weighted by Gasteiger charge is 2.07. The average molecular weight is 224 g/mol. The smallest absolute Gasteiger partial charge is 0.251 e. The number of halogens is 1. The molecule has 0 aromatic heterocycles. The second-order valence-electron chi connectivity index (χ2n) is 3.33. The summed E-state index contributed by atoms with van der Waals surface area (Å²) in [7, 11) is 0. The molecule has 0 heterocycles. The molecule has 15 heavy (non-hydrogen) atoms. The van der Waals surface area contributed by atoms with Crippen LogP contribution in [-0.4, -0.2) is 11.9 Å². The van der Waals surface area contributed by atoms with Crippen LogP contribution < -0.4 is 5.32 Å². The van der Waals surface area contributed by atoms with E-state index in [0.29, 0.717) is 11.4 Å². The first-order valence-corrected chi connectivity index (χ1v) is 5.29. The van der Waals surface area contributed by atoms with Gasteiger partial charge in [-0.15, -0.1) is 18.2 Å². The Morgan fingerprint density at radius 3 is 3.00 bits per heavy atom. The number of amides is 1. The fourth-order valence-corrected chi connectivity index (χ4v) is 1.31. The van der Waals surface area contributed by atoms with Crippen LogP contribution in [0.1, 0.15) is 22.8 Å². The molecule has 80 valence electrons. The van der Waals surface area contributed by atoms with Gasteiger partial charge in [0, 0.05) is 17.5 Å². The van der Waals surface area contributed by atoms with Crippen LogP contribution in [0.15, 0.2) is 36.9 Å². The van der Waals surface area contributed by atoms with Crippen LogP contribution in [0, 0.1) is 0 Å². The minimum Gasteiger partial charge on any atom is -0.346 e. The standard InChI is InChI=1S/C12H14ClNO/c1-3-9(2)14-12(15)11-6-4-5-10(7-11)8-13/h3-7,9H,1,8H2,2H3,(H,14,15). The third-order valence-electron chi connectivity index (χ3n) is 2.06. The van der Waals surface area contributed by atoms with Gasteiger partial charge in [0.15, 0.2) is 0 Å². The van der Waals surface area contributed by atoms with Crippen LogP contribution in [0.5, 0.6) is 0 Å². The van der Waals surface area contributed by atoms with Gasteiger partial charge in [0.25, 0.3) is 5.91 Å². The molecule has 0 saturated heterocycles. The highest BCUT2D eigenvalue weighted by atomic mass is 35.5. The molecule has 1 unspecified atom stereocenters. The van der Waals surface area contributed by atoms with Crippen LogP contribution in [0.2, 0.25) is 0 Å². The lowest BCUT2D eigenvalue weighted by Gasteiger charge is -2.09. The molecule has 1 rings (SSSR count). The van der Waals surface area contributed by atoms with E-state index >= 15 is 0 Å². The molecule has 1 amide bonds. The predicted octanol–water partition coefficient (Wildman–Crippen LogP) is 2.73. The lowest BCUT2D eigenvalue weighted by atomic mass is 10.1. The Morgan fingerprint density at radius 2 is 2.40 bits per heavy atom. The molecule has 0 aliphatic carbocycles. The number of benzene rings is 1. The minimum atomic E-state index is -0.102. The zero-order valence-corrected chi connectivity index (χ0v) is 9.42. The number of hydrogen-bond donors (Lipinski definition) is 1. The lowest BCUT2D eigenvalue weighted by molar-refractivity contribution is 0.0947. The third-order valence-corrected chi connectivity index (χ3v) is 2.36. The SMILES string of the molecule is C=CC(C)NC(=O)c1cccc(CCl)c1. The third kappa shape index (κ3) is 3.40. The zero-order valence-electron chi connectivity index (χ0n) is 8.66. The number of nitrogens with one attached hydrogen (secondary N) is 1. The van der Waals surface area contributed by atoms with E-state index < -0.39 is 0 Å². The van der Waals surface area contributed by atoms with E-state index in [2.05, 4.69) is 11.9 Å². The van der Waals surface area contributed by atoms with Crippen molar-refractivity contribution in [3.63, 3.8) is 0 Å². The first kappa shape index (κ1) is 11.8. The topological polar surface area (TPSA) is 29.1 Å². The molecule has 2 nitrogen and oxygen atoms in total. The van der Waals surface area contributed by atoms with Crippen molar-refractivity contribution in [2.24, 2.45) is 0 Å². The van der Waals surface area contributed by atoms with Crippen LogP contribution >= 0.6 is 11.6 Å². The largest absolute Gasteiger partial charge is 0.346 e. The molecule has 0 saturated carbocycles. The number of hydrogen-bond acceptors (Lipinski definition) is 1. The van der Waals surface area contributed by atoms with E-state index in [-0.39, 0.29) is 11.9 Å². The van der Waals surface area contributed by atoms with Gasteiger partial charge in [-0.3, -0.25) is 4.79 Å². The maximum atomic E-state index is 11.7. The summed E-state index contributed by atoms with van der Waals surface area (Å²) in [5.74, 6) is 0.312. The first-order chi connectivity index (χ1) is 7.17. The van der Waals surface area contributed by atoms with Gasteiger partial charge >= 0.3 is 0 Å². The summed E-state index contributed by atoms with van der Waals surface area (Å²) < 4.78 is 0. The van der Waals surface area contributed by atoms with Gasteiger partial charge in [0.2, 0.25) is 0 Å². The van der Waals surface area contributed by atoms with E-state index in [9.17, 15) is 4.79 Å². The fraction of sp³-hybridized carbons (Fsp3) is 0.250. The summed E-state index contributed by atoms with van der Waals surface area (Å²) in [6, 6.07) is 7.24. The maximum absolute atomic E-state index is 11.7. The van der Waals surface area contributed by atoms with Gasteiger partial charge in [0.1, 0.15) is 0 Å². The van der Waals surface area contributed by atoms with E-state index in [1.807, 2.05) is 19.1 Å². The van der Waals surface area contributed by atoms with E-state index in [0.717, 1.165) is 5.56 Å². The summed E-state index contributed by atoms with van der Waals surface area (Å²) in [4.78, 5) is 11.7. The Kier molecular flexibility index (Phi) is 4.37. The minimum absolute atomic E-state index is 0.0304. The first-order valence-electron chi connectivity index (χ1n) is 4.75. The number of alkyl halides is 1. The van der Waals surface area contributed by atoms with Gasteiger partial charge in [-0.1, -0.05) is 18.2 Å². The molecule has 1 aromatic carbocycles. The Bertz CT molecular complexity index is 362. The van der Waals surface area contributed by atoms with E-state index in [4.69, 9.17) is 11.6 Å². The number of carbonyl (C=O) groups is 1. The lowest BCUT2D eigenvalue weighted by Crippen LogP contribution is -2.30. The van der Waals surface area contributed by atoms with Gasteiger partial charge in [-0.05, 0) is 24.6 Å². The van der Waals surface area contributed by atoms with E-state index in [1.165, 1.54) is 0 Å². The van der Waals surface area contributed by atoms with E-state index in [1.54, 1.807) is 18.2 Å². The van der Waals surface area contributed by atoms with Crippen LogP contribution in [0.4, 0.5) is 0 Å². The molecule has 1 atom stereocenters. The highest BCUT2D eigenvalue weighted by molar-refractivity contribution is 6.17. The Morgan fingerprint density at radius 1 is 1.67 bits per heavy atom. The summed E-state index contributed by atoms with van der Waals surface area (Å²) in [6.07, 6.45) is 1.68. The Balaban J connectivity index is 2.77. The fourth-order valence-electron chi connectivity index (χ4n) is 1.14. The second kappa shape index (κ2) is 5.56. The maximum Gasteiger partial charge on any atom is 0.251 e. The Labute approximate surface area is 94.9 Å². The predicted molar refractivity (Wildman–Crippen MR) is 63.1 cm³/mol. The van der Waals surface area contributed by atoms with Crippen molar-refractivity contribution in [2.45, 2.75) is 18.8 Å². The molecule has 0 aliphatic rings. The van der Waals surface area contributed by atoms with Crippen molar-refractivity contribution in [3.05, 3.63) is 48.0 Å². The monoisotopic (exact) mass is 223 g/mol. The summed E-state index contributed by atoms with van der Waals surface area (Å²) >= 11 is 5.69. The molecule has 3 heteroatoms. The molecular formula is C12H14ClNO. The molecule has 1 aromatic rings. The summed E-state index contributed by atoms with van der Waals surface area (Å²) in [5, 5.41) is 2.80. The molecule has 0 spiro atoms. The van der Waals surface area contributed by atoms with Crippen molar-refractivity contribution in [1.29, 1.82) is 0 Å².